The van der Waals surface area contributed by atoms with Crippen LogP contribution in [-0.2, 0) is 17.1 Å². The highest BCUT2D eigenvalue weighted by atomic mass is 32.2. The average Bonchev–Trinajstić information content (AvgIpc) is 3.31. The molecule has 1 N–H and O–H groups in total. The molecule has 2 aromatic carbocycles. The minimum Gasteiger partial charge on any atom is -0.322 e. The van der Waals surface area contributed by atoms with Crippen LogP contribution in [-0.4, -0.2) is 36.3 Å². The number of thiazole rings is 1. The Morgan fingerprint density at radius 3 is 2.61 bits per heavy atom. The maximum absolute atomic E-state index is 12.7. The number of aromatic nitrogens is 1. The van der Waals surface area contributed by atoms with Gasteiger partial charge in [0.2, 0.25) is 10.0 Å². The van der Waals surface area contributed by atoms with Crippen LogP contribution in [0.5, 0.6) is 0 Å². The highest BCUT2D eigenvalue weighted by molar-refractivity contribution is 7.89. The van der Waals surface area contributed by atoms with Crippen LogP contribution >= 0.6 is 11.3 Å². The molecular weight excluding hydrogens is 398 g/mol. The number of anilines is 1. The van der Waals surface area contributed by atoms with Crippen molar-refractivity contribution in [1.29, 1.82) is 0 Å². The standard InChI is InChI=1S/C19H19N3O4S2/c1-21-16-8-7-14(12-17(16)27-19(21)24)20-18(23)13-5-4-6-15(11-13)28(25,26)22-9-2-3-10-22/h4-8,11-12H,2-3,9-10H2,1H3,(H,20,23). The molecular formula is C19H19N3O4S2. The molecule has 1 aliphatic rings. The van der Waals surface area contributed by atoms with Gasteiger partial charge in [0.15, 0.2) is 0 Å². The van der Waals surface area contributed by atoms with Gasteiger partial charge in [0.25, 0.3) is 5.91 Å². The molecule has 3 aromatic rings. The number of hydrogen-bond donors (Lipinski definition) is 1. The van der Waals surface area contributed by atoms with Crippen molar-refractivity contribution in [2.24, 2.45) is 7.05 Å². The monoisotopic (exact) mass is 417 g/mol. The van der Waals surface area contributed by atoms with E-state index in [4.69, 9.17) is 0 Å². The summed E-state index contributed by atoms with van der Waals surface area (Å²) < 4.78 is 29.2. The Labute approximate surface area is 166 Å². The van der Waals surface area contributed by atoms with E-state index < -0.39 is 15.9 Å². The van der Waals surface area contributed by atoms with Crippen LogP contribution < -0.4 is 10.2 Å². The molecule has 1 saturated heterocycles. The lowest BCUT2D eigenvalue weighted by Gasteiger charge is -2.16. The first-order valence-corrected chi connectivity index (χ1v) is 11.1. The van der Waals surface area contributed by atoms with Gasteiger partial charge in [0.05, 0.1) is 15.1 Å². The van der Waals surface area contributed by atoms with Crippen molar-refractivity contribution in [2.75, 3.05) is 18.4 Å². The SMILES string of the molecule is Cn1c(=O)sc2cc(NC(=O)c3cccc(S(=O)(=O)N4CCCC4)c3)ccc21. The first kappa shape index (κ1) is 18.9. The van der Waals surface area contributed by atoms with Gasteiger partial charge >= 0.3 is 4.87 Å². The number of fused-ring (bicyclic) bond motifs is 1. The Hall–Kier alpha value is -2.49. The number of nitrogens with zero attached hydrogens (tertiary/aromatic N) is 2. The quantitative estimate of drug-likeness (QED) is 0.707. The van der Waals surface area contributed by atoms with Crippen molar-refractivity contribution >= 4 is 43.2 Å². The zero-order valence-corrected chi connectivity index (χ0v) is 16.8. The minimum atomic E-state index is -3.58. The number of sulfonamides is 1. The van der Waals surface area contributed by atoms with Crippen molar-refractivity contribution in [2.45, 2.75) is 17.7 Å². The summed E-state index contributed by atoms with van der Waals surface area (Å²) in [4.78, 5) is 24.5. The topological polar surface area (TPSA) is 88.5 Å². The summed E-state index contributed by atoms with van der Waals surface area (Å²) in [6, 6.07) is 11.3. The van der Waals surface area contributed by atoms with Crippen molar-refractivity contribution in [3.63, 3.8) is 0 Å². The van der Waals surface area contributed by atoms with Crippen molar-refractivity contribution in [3.8, 4) is 0 Å². The van der Waals surface area contributed by atoms with E-state index in [2.05, 4.69) is 5.32 Å². The van der Waals surface area contributed by atoms with Crippen LogP contribution in [0.25, 0.3) is 10.2 Å². The van der Waals surface area contributed by atoms with Crippen LogP contribution in [0.1, 0.15) is 23.2 Å². The van der Waals surface area contributed by atoms with Crippen molar-refractivity contribution in [1.82, 2.24) is 8.87 Å². The molecule has 0 aliphatic carbocycles. The third-order valence-corrected chi connectivity index (χ3v) is 7.74. The van der Waals surface area contributed by atoms with E-state index >= 15 is 0 Å². The summed E-state index contributed by atoms with van der Waals surface area (Å²) >= 11 is 1.11. The maximum atomic E-state index is 12.7. The molecule has 4 rings (SSSR count). The van der Waals surface area contributed by atoms with Gasteiger partial charge in [-0.25, -0.2) is 8.42 Å². The average molecular weight is 418 g/mol. The number of carbonyl (C=O) groups is 1. The predicted octanol–water partition coefficient (Wildman–Crippen LogP) is 2.64. The Kier molecular flexibility index (Phi) is 4.82. The van der Waals surface area contributed by atoms with E-state index in [0.717, 1.165) is 34.4 Å². The summed E-state index contributed by atoms with van der Waals surface area (Å²) in [6.45, 7) is 1.03. The molecule has 0 spiro atoms. The third-order valence-electron chi connectivity index (χ3n) is 4.85. The lowest BCUT2D eigenvalue weighted by molar-refractivity contribution is 0.102. The van der Waals surface area contributed by atoms with Crippen molar-refractivity contribution in [3.05, 3.63) is 57.7 Å². The van der Waals surface area contributed by atoms with Gasteiger partial charge in [-0.1, -0.05) is 17.4 Å². The molecule has 1 aromatic heterocycles. The Bertz CT molecular complexity index is 1220. The lowest BCUT2D eigenvalue weighted by Crippen LogP contribution is -2.28. The van der Waals surface area contributed by atoms with Crippen LogP contribution in [0.15, 0.2) is 52.2 Å². The highest BCUT2D eigenvalue weighted by Crippen LogP contribution is 2.24. The summed E-state index contributed by atoms with van der Waals surface area (Å²) in [5, 5.41) is 2.78. The van der Waals surface area contributed by atoms with E-state index in [9.17, 15) is 18.0 Å². The van der Waals surface area contributed by atoms with Gasteiger partial charge in [-0.15, -0.1) is 0 Å². The molecule has 146 valence electrons. The zero-order valence-electron chi connectivity index (χ0n) is 15.2. The molecule has 7 nitrogen and oxygen atoms in total. The number of aryl methyl sites for hydroxylation is 1. The first-order valence-electron chi connectivity index (χ1n) is 8.87. The Balaban J connectivity index is 1.59. The Morgan fingerprint density at radius 2 is 1.86 bits per heavy atom. The fraction of sp³-hybridized carbons (Fsp3) is 0.263. The number of nitrogens with one attached hydrogen (secondary N) is 1. The lowest BCUT2D eigenvalue weighted by atomic mass is 10.2. The summed E-state index contributed by atoms with van der Waals surface area (Å²) in [6.07, 6.45) is 1.71. The van der Waals surface area contributed by atoms with E-state index in [1.165, 1.54) is 16.4 Å². The third kappa shape index (κ3) is 3.36. The molecule has 2 heterocycles. The molecule has 1 aliphatic heterocycles. The van der Waals surface area contributed by atoms with Gasteiger partial charge in [-0.3, -0.25) is 9.59 Å². The molecule has 1 amide bonds. The number of benzene rings is 2. The smallest absolute Gasteiger partial charge is 0.307 e. The van der Waals surface area contributed by atoms with E-state index in [1.54, 1.807) is 41.9 Å². The van der Waals surface area contributed by atoms with Crippen LogP contribution in [0.3, 0.4) is 0 Å². The largest absolute Gasteiger partial charge is 0.322 e. The fourth-order valence-corrected chi connectivity index (χ4v) is 5.77. The van der Waals surface area contributed by atoms with Crippen LogP contribution in [0.2, 0.25) is 0 Å². The number of hydrogen-bond acceptors (Lipinski definition) is 5. The number of carbonyl (C=O) groups excluding carboxylic acids is 1. The Morgan fingerprint density at radius 1 is 1.11 bits per heavy atom. The maximum Gasteiger partial charge on any atom is 0.307 e. The van der Waals surface area contributed by atoms with E-state index in [0.29, 0.717) is 18.8 Å². The number of rotatable bonds is 4. The molecule has 0 bridgehead atoms. The molecule has 0 radical (unpaired) electrons. The second kappa shape index (κ2) is 7.16. The normalized spacial score (nSPS) is 15.2. The van der Waals surface area contributed by atoms with Gasteiger partial charge in [0.1, 0.15) is 0 Å². The van der Waals surface area contributed by atoms with Crippen molar-refractivity contribution < 1.29 is 13.2 Å². The van der Waals surface area contributed by atoms with E-state index in [1.807, 2.05) is 0 Å². The highest BCUT2D eigenvalue weighted by Gasteiger charge is 2.27. The molecule has 0 atom stereocenters. The fourth-order valence-electron chi connectivity index (χ4n) is 3.29. The predicted molar refractivity (Wildman–Crippen MR) is 109 cm³/mol. The van der Waals surface area contributed by atoms with Gasteiger partial charge in [0, 0.05) is 31.4 Å². The van der Waals surface area contributed by atoms with Gasteiger partial charge in [-0.05, 0) is 49.2 Å². The minimum absolute atomic E-state index is 0.0710. The van der Waals surface area contributed by atoms with Gasteiger partial charge in [-0.2, -0.15) is 4.31 Å². The van der Waals surface area contributed by atoms with E-state index in [-0.39, 0.29) is 15.3 Å². The molecule has 0 saturated carbocycles. The van der Waals surface area contributed by atoms with Crippen LogP contribution in [0, 0.1) is 0 Å². The first-order chi connectivity index (χ1) is 13.4. The number of amides is 1. The second-order valence-electron chi connectivity index (χ2n) is 6.70. The summed E-state index contributed by atoms with van der Waals surface area (Å²) in [5.74, 6) is -0.402. The molecule has 28 heavy (non-hydrogen) atoms. The summed E-state index contributed by atoms with van der Waals surface area (Å²) in [7, 11) is -1.88. The van der Waals surface area contributed by atoms with Gasteiger partial charge < -0.3 is 9.88 Å². The molecule has 1 fully saturated rings. The second-order valence-corrected chi connectivity index (χ2v) is 9.63. The molecule has 0 unspecified atom stereocenters. The summed E-state index contributed by atoms with van der Waals surface area (Å²) in [5.41, 5.74) is 1.61. The van der Waals surface area contributed by atoms with Crippen LogP contribution in [0.4, 0.5) is 5.69 Å². The molecule has 9 heteroatoms. The zero-order chi connectivity index (χ0) is 19.9.